The first-order valence-electron chi connectivity index (χ1n) is 7.70. The van der Waals surface area contributed by atoms with Crippen molar-refractivity contribution in [3.05, 3.63) is 0 Å². The number of nitrogens with one attached hydrogen (secondary N) is 1. The standard InChI is InChI=1S/C15H28N2O2/c1-12-4-3-7-15(19,10-12)11-16-14-5-8-17(9-6-14)13(2)18/h12,14,16,19H,3-11H2,1-2H3. The van der Waals surface area contributed by atoms with Gasteiger partial charge >= 0.3 is 0 Å². The van der Waals surface area contributed by atoms with Gasteiger partial charge in [-0.3, -0.25) is 4.79 Å². The SMILES string of the molecule is CC(=O)N1CCC(NCC2(O)CCCC(C)C2)CC1. The Bertz CT molecular complexity index is 313. The average Bonchev–Trinajstić information content (AvgIpc) is 2.37. The van der Waals surface area contributed by atoms with E-state index < -0.39 is 5.60 Å². The maximum absolute atomic E-state index is 11.3. The zero-order valence-electron chi connectivity index (χ0n) is 12.3. The number of rotatable bonds is 3. The van der Waals surface area contributed by atoms with Crippen LogP contribution in [0.2, 0.25) is 0 Å². The summed E-state index contributed by atoms with van der Waals surface area (Å²) in [6.07, 6.45) is 6.25. The van der Waals surface area contributed by atoms with Gasteiger partial charge in [0.1, 0.15) is 0 Å². The Labute approximate surface area is 116 Å². The number of likely N-dealkylation sites (tertiary alicyclic amines) is 1. The molecule has 0 bridgehead atoms. The molecular weight excluding hydrogens is 240 g/mol. The summed E-state index contributed by atoms with van der Waals surface area (Å²) in [5.74, 6) is 0.818. The molecule has 2 aliphatic rings. The molecule has 1 aliphatic heterocycles. The molecule has 1 saturated carbocycles. The molecule has 1 saturated heterocycles. The maximum atomic E-state index is 11.3. The molecule has 1 heterocycles. The molecule has 0 spiro atoms. The zero-order chi connectivity index (χ0) is 13.9. The van der Waals surface area contributed by atoms with Crippen LogP contribution < -0.4 is 5.32 Å². The van der Waals surface area contributed by atoms with Gasteiger partial charge in [-0.1, -0.05) is 19.8 Å². The van der Waals surface area contributed by atoms with E-state index in [2.05, 4.69) is 12.2 Å². The lowest BCUT2D eigenvalue weighted by molar-refractivity contribution is -0.130. The number of aliphatic hydroxyl groups is 1. The van der Waals surface area contributed by atoms with Crippen molar-refractivity contribution in [2.45, 2.75) is 64.0 Å². The van der Waals surface area contributed by atoms with E-state index in [-0.39, 0.29) is 5.91 Å². The zero-order valence-corrected chi connectivity index (χ0v) is 12.3. The molecule has 19 heavy (non-hydrogen) atoms. The van der Waals surface area contributed by atoms with Crippen molar-refractivity contribution in [1.82, 2.24) is 10.2 Å². The third-order valence-electron chi connectivity index (χ3n) is 4.73. The van der Waals surface area contributed by atoms with Gasteiger partial charge in [0.2, 0.25) is 5.91 Å². The summed E-state index contributed by atoms with van der Waals surface area (Å²) in [5.41, 5.74) is -0.505. The van der Waals surface area contributed by atoms with E-state index in [0.29, 0.717) is 18.5 Å². The lowest BCUT2D eigenvalue weighted by Gasteiger charge is -2.38. The van der Waals surface area contributed by atoms with Crippen LogP contribution >= 0.6 is 0 Å². The third-order valence-corrected chi connectivity index (χ3v) is 4.73. The van der Waals surface area contributed by atoms with Gasteiger partial charge in [0.05, 0.1) is 5.60 Å². The highest BCUT2D eigenvalue weighted by Crippen LogP contribution is 2.31. The molecule has 0 radical (unpaired) electrons. The topological polar surface area (TPSA) is 52.6 Å². The van der Waals surface area contributed by atoms with Crippen molar-refractivity contribution in [1.29, 1.82) is 0 Å². The second-order valence-corrected chi connectivity index (χ2v) is 6.59. The molecule has 0 aromatic heterocycles. The molecule has 2 rings (SSSR count). The monoisotopic (exact) mass is 268 g/mol. The largest absolute Gasteiger partial charge is 0.389 e. The van der Waals surface area contributed by atoms with Gasteiger partial charge in [0.15, 0.2) is 0 Å². The van der Waals surface area contributed by atoms with Crippen LogP contribution in [-0.2, 0) is 4.79 Å². The average molecular weight is 268 g/mol. The van der Waals surface area contributed by atoms with E-state index in [9.17, 15) is 9.90 Å². The Kier molecular flexibility index (Phi) is 4.85. The minimum Gasteiger partial charge on any atom is -0.389 e. The number of carbonyl (C=O) groups excluding carboxylic acids is 1. The summed E-state index contributed by atoms with van der Waals surface area (Å²) in [4.78, 5) is 13.2. The fraction of sp³-hybridized carbons (Fsp3) is 0.933. The minimum absolute atomic E-state index is 0.179. The molecule has 0 aromatic carbocycles. The second-order valence-electron chi connectivity index (χ2n) is 6.59. The minimum atomic E-state index is -0.505. The van der Waals surface area contributed by atoms with Crippen LogP contribution in [0.25, 0.3) is 0 Å². The molecule has 110 valence electrons. The van der Waals surface area contributed by atoms with E-state index in [1.807, 2.05) is 4.90 Å². The number of piperidine rings is 1. The Balaban J connectivity index is 1.73. The van der Waals surface area contributed by atoms with E-state index in [1.165, 1.54) is 6.42 Å². The summed E-state index contributed by atoms with van der Waals surface area (Å²) in [6, 6.07) is 0.455. The quantitative estimate of drug-likeness (QED) is 0.816. The van der Waals surface area contributed by atoms with E-state index in [4.69, 9.17) is 0 Å². The first-order chi connectivity index (χ1) is 8.98. The summed E-state index contributed by atoms with van der Waals surface area (Å²) in [5, 5.41) is 14.1. The number of nitrogens with zero attached hydrogens (tertiary/aromatic N) is 1. The molecule has 2 unspecified atom stereocenters. The Morgan fingerprint density at radius 1 is 1.37 bits per heavy atom. The summed E-state index contributed by atoms with van der Waals surface area (Å²) >= 11 is 0. The highest BCUT2D eigenvalue weighted by atomic mass is 16.3. The van der Waals surface area contributed by atoms with Crippen molar-refractivity contribution < 1.29 is 9.90 Å². The van der Waals surface area contributed by atoms with Crippen molar-refractivity contribution in [2.75, 3.05) is 19.6 Å². The molecule has 0 aromatic rings. The van der Waals surface area contributed by atoms with Gasteiger partial charge in [-0.25, -0.2) is 0 Å². The lowest BCUT2D eigenvalue weighted by atomic mass is 9.79. The number of hydrogen-bond acceptors (Lipinski definition) is 3. The molecule has 1 amide bonds. The van der Waals surface area contributed by atoms with Crippen molar-refractivity contribution in [3.8, 4) is 0 Å². The van der Waals surface area contributed by atoms with Gasteiger partial charge in [-0.15, -0.1) is 0 Å². The fourth-order valence-corrected chi connectivity index (χ4v) is 3.53. The predicted octanol–water partition coefficient (Wildman–Crippen LogP) is 1.53. The molecule has 2 fully saturated rings. The molecular formula is C15H28N2O2. The van der Waals surface area contributed by atoms with Crippen molar-refractivity contribution >= 4 is 5.91 Å². The molecule has 1 aliphatic carbocycles. The van der Waals surface area contributed by atoms with Crippen LogP contribution in [0, 0.1) is 5.92 Å². The van der Waals surface area contributed by atoms with Crippen molar-refractivity contribution in [2.24, 2.45) is 5.92 Å². The smallest absolute Gasteiger partial charge is 0.219 e. The predicted molar refractivity (Wildman–Crippen MR) is 75.9 cm³/mol. The van der Waals surface area contributed by atoms with Gasteiger partial charge in [0, 0.05) is 32.6 Å². The van der Waals surface area contributed by atoms with Crippen LogP contribution in [0.4, 0.5) is 0 Å². The van der Waals surface area contributed by atoms with E-state index in [1.54, 1.807) is 6.92 Å². The van der Waals surface area contributed by atoms with Gasteiger partial charge in [0.25, 0.3) is 0 Å². The Hall–Kier alpha value is -0.610. The fourth-order valence-electron chi connectivity index (χ4n) is 3.53. The van der Waals surface area contributed by atoms with Gasteiger partial charge < -0.3 is 15.3 Å². The molecule has 4 heteroatoms. The normalized spacial score (nSPS) is 33.4. The van der Waals surface area contributed by atoms with Crippen LogP contribution in [0.1, 0.15) is 52.4 Å². The van der Waals surface area contributed by atoms with Crippen LogP contribution in [0.15, 0.2) is 0 Å². The Morgan fingerprint density at radius 2 is 2.05 bits per heavy atom. The summed E-state index contributed by atoms with van der Waals surface area (Å²) in [7, 11) is 0. The maximum Gasteiger partial charge on any atom is 0.219 e. The molecule has 2 atom stereocenters. The summed E-state index contributed by atoms with van der Waals surface area (Å²) < 4.78 is 0. The lowest BCUT2D eigenvalue weighted by Crippen LogP contribution is -2.50. The first kappa shape index (κ1) is 14.8. The van der Waals surface area contributed by atoms with Crippen LogP contribution in [-0.4, -0.2) is 47.2 Å². The second kappa shape index (κ2) is 6.23. The number of carbonyl (C=O) groups is 1. The highest BCUT2D eigenvalue weighted by Gasteiger charge is 2.33. The number of amides is 1. The van der Waals surface area contributed by atoms with Gasteiger partial charge in [-0.2, -0.15) is 0 Å². The van der Waals surface area contributed by atoms with Gasteiger partial charge in [-0.05, 0) is 31.6 Å². The summed E-state index contributed by atoms with van der Waals surface area (Å²) in [6.45, 7) is 6.28. The van der Waals surface area contributed by atoms with Crippen LogP contribution in [0.3, 0.4) is 0 Å². The third kappa shape index (κ3) is 4.18. The van der Waals surface area contributed by atoms with Crippen LogP contribution in [0.5, 0.6) is 0 Å². The van der Waals surface area contributed by atoms with Crippen molar-refractivity contribution in [3.63, 3.8) is 0 Å². The Morgan fingerprint density at radius 3 is 2.63 bits per heavy atom. The molecule has 4 nitrogen and oxygen atoms in total. The van der Waals surface area contributed by atoms with E-state index in [0.717, 1.165) is 45.2 Å². The number of hydrogen-bond donors (Lipinski definition) is 2. The molecule has 2 N–H and O–H groups in total. The first-order valence-corrected chi connectivity index (χ1v) is 7.70. The highest BCUT2D eigenvalue weighted by molar-refractivity contribution is 5.73. The van der Waals surface area contributed by atoms with E-state index >= 15 is 0 Å².